The van der Waals surface area contributed by atoms with Gasteiger partial charge in [-0.25, -0.2) is 4.98 Å². The molecule has 1 aliphatic heterocycles. The van der Waals surface area contributed by atoms with Crippen LogP contribution in [0.1, 0.15) is 13.2 Å². The zero-order chi connectivity index (χ0) is 15.9. The van der Waals surface area contributed by atoms with Crippen LogP contribution >= 0.6 is 0 Å². The number of anilines is 1. The fraction of sp³-hybridized carbons (Fsp3) is 0.583. The fourth-order valence-electron chi connectivity index (χ4n) is 2.44. The smallest absolute Gasteiger partial charge is 0.247 e. The van der Waals surface area contributed by atoms with Gasteiger partial charge in [0.2, 0.25) is 11.8 Å². The predicted octanol–water partition coefficient (Wildman–Crippen LogP) is -1.58. The van der Waals surface area contributed by atoms with Crippen molar-refractivity contribution in [2.45, 2.75) is 31.5 Å². The van der Waals surface area contributed by atoms with Crippen LogP contribution in [0.4, 0.5) is 5.95 Å². The van der Waals surface area contributed by atoms with Gasteiger partial charge in [-0.1, -0.05) is 0 Å². The number of aliphatic hydroxyl groups excluding tert-OH is 3. The molecule has 1 aliphatic rings. The third-order valence-corrected chi connectivity index (χ3v) is 3.48. The minimum Gasteiger partial charge on any atom is -0.476 e. The number of hydrogen-bond donors (Lipinski definition) is 4. The number of rotatable bonds is 4. The van der Waals surface area contributed by atoms with E-state index >= 15 is 0 Å². The maximum absolute atomic E-state index is 10.1. The van der Waals surface area contributed by atoms with Crippen LogP contribution < -0.4 is 10.5 Å². The first-order chi connectivity index (χ1) is 10.6. The number of ether oxygens (including phenoxy) is 2. The number of aliphatic hydroxyl groups is 3. The largest absolute Gasteiger partial charge is 0.476 e. The molecular formula is C12H17N5O5. The molecule has 10 heteroatoms. The lowest BCUT2D eigenvalue weighted by atomic mass is 10.1. The van der Waals surface area contributed by atoms with Crippen molar-refractivity contribution in [3.8, 4) is 5.88 Å². The van der Waals surface area contributed by atoms with E-state index in [9.17, 15) is 10.2 Å². The van der Waals surface area contributed by atoms with Crippen LogP contribution in [0.2, 0.25) is 0 Å². The molecule has 2 aromatic heterocycles. The molecule has 1 saturated heterocycles. The van der Waals surface area contributed by atoms with Crippen LogP contribution in [-0.2, 0) is 4.74 Å². The monoisotopic (exact) mass is 311 g/mol. The van der Waals surface area contributed by atoms with Gasteiger partial charge < -0.3 is 30.5 Å². The second kappa shape index (κ2) is 5.65. The summed E-state index contributed by atoms with van der Waals surface area (Å²) in [7, 11) is 0. The summed E-state index contributed by atoms with van der Waals surface area (Å²) in [4.78, 5) is 12.2. The first-order valence-corrected chi connectivity index (χ1v) is 6.82. The fourth-order valence-corrected chi connectivity index (χ4v) is 2.44. The summed E-state index contributed by atoms with van der Waals surface area (Å²) in [5.74, 6) is 0.222. The van der Waals surface area contributed by atoms with Crippen LogP contribution in [0.5, 0.6) is 5.88 Å². The third kappa shape index (κ3) is 2.25. The van der Waals surface area contributed by atoms with E-state index < -0.39 is 31.1 Å². The van der Waals surface area contributed by atoms with Gasteiger partial charge >= 0.3 is 0 Å². The molecule has 1 fully saturated rings. The van der Waals surface area contributed by atoms with E-state index in [1.54, 1.807) is 6.92 Å². The second-order valence-electron chi connectivity index (χ2n) is 4.87. The van der Waals surface area contributed by atoms with Crippen LogP contribution in [0.25, 0.3) is 11.2 Å². The van der Waals surface area contributed by atoms with Crippen molar-refractivity contribution in [3.05, 3.63) is 6.33 Å². The molecule has 2 aromatic rings. The highest BCUT2D eigenvalue weighted by atomic mass is 16.6. The maximum atomic E-state index is 10.1. The lowest BCUT2D eigenvalue weighted by molar-refractivity contribution is -0.0511. The predicted molar refractivity (Wildman–Crippen MR) is 73.9 cm³/mol. The SMILES string of the molecule is CCOc1nc(N)nc2c1ncn2C1OC(CO)C(O)C1O. The molecule has 5 N–H and O–H groups in total. The molecular weight excluding hydrogens is 294 g/mol. The average molecular weight is 311 g/mol. The first-order valence-electron chi connectivity index (χ1n) is 6.82. The molecule has 4 atom stereocenters. The Morgan fingerprint density at radius 1 is 1.36 bits per heavy atom. The Kier molecular flexibility index (Phi) is 3.83. The van der Waals surface area contributed by atoms with Gasteiger partial charge in [0.25, 0.3) is 0 Å². The molecule has 0 saturated carbocycles. The van der Waals surface area contributed by atoms with Gasteiger partial charge in [0, 0.05) is 0 Å². The minimum absolute atomic E-state index is 0.00977. The quantitative estimate of drug-likeness (QED) is 0.524. The standard InChI is InChI=1S/C12H17N5O5/c1-2-21-10-6-9(15-12(13)16-10)17(4-14-6)11-8(20)7(19)5(3-18)22-11/h4-5,7-8,11,18-20H,2-3H2,1H3,(H2,13,15,16). The van der Waals surface area contributed by atoms with Crippen molar-refractivity contribution < 1.29 is 24.8 Å². The number of nitrogen functional groups attached to an aromatic ring is 1. The Morgan fingerprint density at radius 2 is 2.14 bits per heavy atom. The topological polar surface area (TPSA) is 149 Å². The summed E-state index contributed by atoms with van der Waals surface area (Å²) in [5, 5.41) is 29.1. The molecule has 0 radical (unpaired) electrons. The molecule has 4 unspecified atom stereocenters. The van der Waals surface area contributed by atoms with Crippen LogP contribution in [0.15, 0.2) is 6.33 Å². The van der Waals surface area contributed by atoms with E-state index in [0.29, 0.717) is 17.8 Å². The normalized spacial score (nSPS) is 28.4. The van der Waals surface area contributed by atoms with E-state index in [1.807, 2.05) is 0 Å². The molecule has 3 rings (SSSR count). The zero-order valence-electron chi connectivity index (χ0n) is 11.8. The van der Waals surface area contributed by atoms with Crippen molar-refractivity contribution in [2.75, 3.05) is 18.9 Å². The molecule has 120 valence electrons. The van der Waals surface area contributed by atoms with Crippen LogP contribution in [-0.4, -0.2) is 66.4 Å². The number of nitrogens with two attached hydrogens (primary N) is 1. The average Bonchev–Trinajstić information content (AvgIpc) is 3.02. The molecule has 0 bridgehead atoms. The third-order valence-electron chi connectivity index (χ3n) is 3.48. The molecule has 0 aromatic carbocycles. The summed E-state index contributed by atoms with van der Waals surface area (Å²) >= 11 is 0. The Balaban J connectivity index is 2.05. The second-order valence-corrected chi connectivity index (χ2v) is 4.87. The van der Waals surface area contributed by atoms with Gasteiger partial charge in [0.05, 0.1) is 19.5 Å². The maximum Gasteiger partial charge on any atom is 0.247 e. The van der Waals surface area contributed by atoms with E-state index in [1.165, 1.54) is 10.9 Å². The van der Waals surface area contributed by atoms with Gasteiger partial charge in [-0.2, -0.15) is 9.97 Å². The number of hydrogen-bond acceptors (Lipinski definition) is 9. The van der Waals surface area contributed by atoms with Crippen molar-refractivity contribution in [2.24, 2.45) is 0 Å². The highest BCUT2D eigenvalue weighted by Gasteiger charge is 2.44. The number of imidazole rings is 1. The van der Waals surface area contributed by atoms with E-state index in [-0.39, 0.29) is 11.8 Å². The van der Waals surface area contributed by atoms with E-state index in [4.69, 9.17) is 20.3 Å². The van der Waals surface area contributed by atoms with Gasteiger partial charge in [0.15, 0.2) is 17.4 Å². The molecule has 0 spiro atoms. The molecule has 22 heavy (non-hydrogen) atoms. The Bertz CT molecular complexity index is 677. The van der Waals surface area contributed by atoms with Gasteiger partial charge in [-0.3, -0.25) is 4.57 Å². The van der Waals surface area contributed by atoms with Crippen molar-refractivity contribution >= 4 is 17.1 Å². The zero-order valence-corrected chi connectivity index (χ0v) is 11.8. The number of aromatic nitrogens is 4. The highest BCUT2D eigenvalue weighted by Crippen LogP contribution is 2.32. The molecule has 0 amide bonds. The summed E-state index contributed by atoms with van der Waals surface area (Å²) in [6, 6.07) is 0. The van der Waals surface area contributed by atoms with Gasteiger partial charge in [-0.15, -0.1) is 0 Å². The van der Waals surface area contributed by atoms with Crippen molar-refractivity contribution in [3.63, 3.8) is 0 Å². The Morgan fingerprint density at radius 3 is 2.77 bits per heavy atom. The lowest BCUT2D eigenvalue weighted by Crippen LogP contribution is -2.33. The van der Waals surface area contributed by atoms with Crippen LogP contribution in [0.3, 0.4) is 0 Å². The highest BCUT2D eigenvalue weighted by molar-refractivity contribution is 5.77. The van der Waals surface area contributed by atoms with E-state index in [2.05, 4.69) is 15.0 Å². The van der Waals surface area contributed by atoms with E-state index in [0.717, 1.165) is 0 Å². The Hall–Kier alpha value is -2.01. The number of nitrogens with zero attached hydrogens (tertiary/aromatic N) is 4. The van der Waals surface area contributed by atoms with Gasteiger partial charge in [0.1, 0.15) is 18.3 Å². The Labute approximate surface area is 125 Å². The van der Waals surface area contributed by atoms with Crippen molar-refractivity contribution in [1.82, 2.24) is 19.5 Å². The van der Waals surface area contributed by atoms with Crippen molar-refractivity contribution in [1.29, 1.82) is 0 Å². The van der Waals surface area contributed by atoms with Gasteiger partial charge in [-0.05, 0) is 6.92 Å². The summed E-state index contributed by atoms with van der Waals surface area (Å²) in [6.07, 6.45) is -2.88. The summed E-state index contributed by atoms with van der Waals surface area (Å²) < 4.78 is 12.3. The van der Waals surface area contributed by atoms with Crippen LogP contribution in [0, 0.1) is 0 Å². The number of fused-ring (bicyclic) bond motifs is 1. The lowest BCUT2D eigenvalue weighted by Gasteiger charge is -2.16. The first kappa shape index (κ1) is 14.9. The molecule has 10 nitrogen and oxygen atoms in total. The molecule has 0 aliphatic carbocycles. The summed E-state index contributed by atoms with van der Waals surface area (Å²) in [5.41, 5.74) is 6.34. The summed E-state index contributed by atoms with van der Waals surface area (Å²) in [6.45, 7) is 1.77. The molecule has 3 heterocycles. The minimum atomic E-state index is -1.23.